The molecular formula is C19H23NO4. The summed E-state index contributed by atoms with van der Waals surface area (Å²) in [5.41, 5.74) is 8.79. The monoisotopic (exact) mass is 329 g/mol. The highest BCUT2D eigenvalue weighted by Crippen LogP contribution is 2.21. The SMILES string of the molecule is CCOC(=O)c1cccc(CC(N)c2cccc(OCOC)c2)c1. The highest BCUT2D eigenvalue weighted by molar-refractivity contribution is 5.89. The van der Waals surface area contributed by atoms with Crippen LogP contribution in [0.25, 0.3) is 0 Å². The zero-order valence-corrected chi connectivity index (χ0v) is 14.0. The molecule has 0 radical (unpaired) electrons. The number of hydrogen-bond acceptors (Lipinski definition) is 5. The molecule has 5 nitrogen and oxygen atoms in total. The number of rotatable bonds is 8. The fraction of sp³-hybridized carbons (Fsp3) is 0.316. The topological polar surface area (TPSA) is 70.8 Å². The molecule has 0 amide bonds. The summed E-state index contributed by atoms with van der Waals surface area (Å²) in [6, 6.07) is 14.8. The van der Waals surface area contributed by atoms with E-state index in [1.807, 2.05) is 42.5 Å². The highest BCUT2D eigenvalue weighted by Gasteiger charge is 2.11. The number of methoxy groups -OCH3 is 1. The minimum absolute atomic E-state index is 0.195. The second-order valence-electron chi connectivity index (χ2n) is 5.35. The van der Waals surface area contributed by atoms with Crippen molar-refractivity contribution in [1.82, 2.24) is 0 Å². The maximum atomic E-state index is 11.8. The molecule has 2 rings (SSSR count). The first kappa shape index (κ1) is 18.0. The van der Waals surface area contributed by atoms with Gasteiger partial charge in [-0.05, 0) is 48.7 Å². The summed E-state index contributed by atoms with van der Waals surface area (Å²) in [4.78, 5) is 11.8. The molecule has 0 aliphatic carbocycles. The first-order chi connectivity index (χ1) is 11.6. The normalized spacial score (nSPS) is 11.8. The second kappa shape index (κ2) is 9.05. The standard InChI is InChI=1S/C19H23NO4/c1-3-23-19(21)16-8-4-6-14(10-16)11-18(20)15-7-5-9-17(12-15)24-13-22-2/h4-10,12,18H,3,11,13,20H2,1-2H3. The fourth-order valence-electron chi connectivity index (χ4n) is 2.37. The molecule has 1 atom stereocenters. The van der Waals surface area contributed by atoms with Gasteiger partial charge in [-0.15, -0.1) is 0 Å². The molecule has 0 aliphatic rings. The lowest BCUT2D eigenvalue weighted by Crippen LogP contribution is -2.14. The molecular weight excluding hydrogens is 306 g/mol. The molecule has 0 fully saturated rings. The van der Waals surface area contributed by atoms with Crippen molar-refractivity contribution in [3.63, 3.8) is 0 Å². The van der Waals surface area contributed by atoms with Crippen LogP contribution in [0.3, 0.4) is 0 Å². The van der Waals surface area contributed by atoms with E-state index in [1.54, 1.807) is 20.1 Å². The number of ether oxygens (including phenoxy) is 3. The van der Waals surface area contributed by atoms with Gasteiger partial charge in [0.05, 0.1) is 12.2 Å². The van der Waals surface area contributed by atoms with E-state index in [0.29, 0.717) is 24.3 Å². The van der Waals surface area contributed by atoms with Crippen molar-refractivity contribution in [3.05, 3.63) is 65.2 Å². The van der Waals surface area contributed by atoms with Gasteiger partial charge in [-0.2, -0.15) is 0 Å². The Morgan fingerprint density at radius 1 is 1.17 bits per heavy atom. The summed E-state index contributed by atoms with van der Waals surface area (Å²) in [5.74, 6) is 0.396. The van der Waals surface area contributed by atoms with E-state index in [-0.39, 0.29) is 18.8 Å². The Morgan fingerprint density at radius 2 is 1.96 bits per heavy atom. The van der Waals surface area contributed by atoms with E-state index in [2.05, 4.69) is 0 Å². The lowest BCUT2D eigenvalue weighted by atomic mass is 9.98. The zero-order chi connectivity index (χ0) is 17.4. The molecule has 0 aromatic heterocycles. The molecule has 2 aromatic rings. The number of nitrogens with two attached hydrogens (primary N) is 1. The summed E-state index contributed by atoms with van der Waals surface area (Å²) in [5, 5.41) is 0. The van der Waals surface area contributed by atoms with Gasteiger partial charge in [-0.3, -0.25) is 0 Å². The van der Waals surface area contributed by atoms with E-state index in [1.165, 1.54) is 0 Å². The summed E-state index contributed by atoms with van der Waals surface area (Å²) in [6.45, 7) is 2.34. The lowest BCUT2D eigenvalue weighted by Gasteiger charge is -2.14. The predicted octanol–water partition coefficient (Wildman–Crippen LogP) is 3.09. The van der Waals surface area contributed by atoms with Gasteiger partial charge in [0.2, 0.25) is 0 Å². The van der Waals surface area contributed by atoms with E-state index >= 15 is 0 Å². The Balaban J connectivity index is 2.07. The van der Waals surface area contributed by atoms with Crippen LogP contribution in [0, 0.1) is 0 Å². The average Bonchev–Trinajstić information content (AvgIpc) is 2.60. The van der Waals surface area contributed by atoms with Crippen molar-refractivity contribution >= 4 is 5.97 Å². The largest absolute Gasteiger partial charge is 0.468 e. The first-order valence-corrected chi connectivity index (χ1v) is 7.87. The van der Waals surface area contributed by atoms with E-state index in [0.717, 1.165) is 11.1 Å². The number of esters is 1. The quantitative estimate of drug-likeness (QED) is 0.595. The van der Waals surface area contributed by atoms with Crippen molar-refractivity contribution in [3.8, 4) is 5.75 Å². The van der Waals surface area contributed by atoms with Crippen LogP contribution < -0.4 is 10.5 Å². The van der Waals surface area contributed by atoms with Gasteiger partial charge in [-0.1, -0.05) is 24.3 Å². The first-order valence-electron chi connectivity index (χ1n) is 7.87. The molecule has 0 heterocycles. The molecule has 0 aliphatic heterocycles. The average molecular weight is 329 g/mol. The Morgan fingerprint density at radius 3 is 2.71 bits per heavy atom. The summed E-state index contributed by atoms with van der Waals surface area (Å²) < 4.78 is 15.4. The molecule has 2 N–H and O–H groups in total. The van der Waals surface area contributed by atoms with Gasteiger partial charge in [0.25, 0.3) is 0 Å². The smallest absolute Gasteiger partial charge is 0.338 e. The lowest BCUT2D eigenvalue weighted by molar-refractivity contribution is 0.0509. The van der Waals surface area contributed by atoms with Crippen molar-refractivity contribution in [2.24, 2.45) is 5.73 Å². The van der Waals surface area contributed by atoms with Gasteiger partial charge >= 0.3 is 5.97 Å². The molecule has 24 heavy (non-hydrogen) atoms. The zero-order valence-electron chi connectivity index (χ0n) is 14.0. The predicted molar refractivity (Wildman–Crippen MR) is 92.0 cm³/mol. The molecule has 0 bridgehead atoms. The summed E-state index contributed by atoms with van der Waals surface area (Å²) in [7, 11) is 1.58. The van der Waals surface area contributed by atoms with Gasteiger partial charge in [0.1, 0.15) is 5.75 Å². The fourth-order valence-corrected chi connectivity index (χ4v) is 2.37. The van der Waals surface area contributed by atoms with Crippen LogP contribution in [0.15, 0.2) is 48.5 Å². The molecule has 128 valence electrons. The molecule has 5 heteroatoms. The van der Waals surface area contributed by atoms with Crippen molar-refractivity contribution in [1.29, 1.82) is 0 Å². The molecule has 0 saturated heterocycles. The second-order valence-corrected chi connectivity index (χ2v) is 5.35. The van der Waals surface area contributed by atoms with Gasteiger partial charge in [-0.25, -0.2) is 4.79 Å². The van der Waals surface area contributed by atoms with Crippen LogP contribution in [0.1, 0.15) is 34.5 Å². The third-order valence-corrected chi connectivity index (χ3v) is 3.52. The summed E-state index contributed by atoms with van der Waals surface area (Å²) >= 11 is 0. The number of hydrogen-bond donors (Lipinski definition) is 1. The molecule has 1 unspecified atom stereocenters. The molecule has 2 aromatic carbocycles. The van der Waals surface area contributed by atoms with E-state index < -0.39 is 0 Å². The van der Waals surface area contributed by atoms with Crippen LogP contribution in [0.2, 0.25) is 0 Å². The molecule has 0 saturated carbocycles. The van der Waals surface area contributed by atoms with Crippen LogP contribution >= 0.6 is 0 Å². The van der Waals surface area contributed by atoms with Crippen molar-refractivity contribution in [2.75, 3.05) is 20.5 Å². The van der Waals surface area contributed by atoms with Crippen LogP contribution in [-0.2, 0) is 15.9 Å². The number of carbonyl (C=O) groups is 1. The Labute approximate surface area is 142 Å². The van der Waals surface area contributed by atoms with E-state index in [9.17, 15) is 4.79 Å². The maximum Gasteiger partial charge on any atom is 0.338 e. The number of benzene rings is 2. The van der Waals surface area contributed by atoms with Crippen LogP contribution in [0.5, 0.6) is 5.75 Å². The Hall–Kier alpha value is -2.37. The minimum Gasteiger partial charge on any atom is -0.468 e. The Kier molecular flexibility index (Phi) is 6.78. The van der Waals surface area contributed by atoms with Gasteiger partial charge in [0.15, 0.2) is 6.79 Å². The third kappa shape index (κ3) is 5.08. The maximum absolute atomic E-state index is 11.8. The van der Waals surface area contributed by atoms with Gasteiger partial charge in [0, 0.05) is 13.2 Å². The van der Waals surface area contributed by atoms with Crippen molar-refractivity contribution in [2.45, 2.75) is 19.4 Å². The minimum atomic E-state index is -0.317. The van der Waals surface area contributed by atoms with Crippen LogP contribution in [-0.4, -0.2) is 26.5 Å². The van der Waals surface area contributed by atoms with Crippen LogP contribution in [0.4, 0.5) is 0 Å². The molecule has 0 spiro atoms. The Bertz CT molecular complexity index is 672. The van der Waals surface area contributed by atoms with Gasteiger partial charge < -0.3 is 19.9 Å². The number of carbonyl (C=O) groups excluding carboxylic acids is 1. The summed E-state index contributed by atoms with van der Waals surface area (Å²) in [6.07, 6.45) is 0.612. The highest BCUT2D eigenvalue weighted by atomic mass is 16.7. The van der Waals surface area contributed by atoms with Crippen molar-refractivity contribution < 1.29 is 19.0 Å². The third-order valence-electron chi connectivity index (χ3n) is 3.52. The van der Waals surface area contributed by atoms with E-state index in [4.69, 9.17) is 19.9 Å².